The van der Waals surface area contributed by atoms with Gasteiger partial charge in [0, 0.05) is 30.9 Å². The molecule has 5 heteroatoms. The van der Waals surface area contributed by atoms with Gasteiger partial charge < -0.3 is 15.2 Å². The van der Waals surface area contributed by atoms with E-state index in [9.17, 15) is 0 Å². The Hall–Kier alpha value is -0.780. The van der Waals surface area contributed by atoms with Gasteiger partial charge in [0.25, 0.3) is 0 Å². The molecule has 4 nitrogen and oxygen atoms in total. The molecule has 0 aliphatic carbocycles. The van der Waals surface area contributed by atoms with Gasteiger partial charge >= 0.3 is 0 Å². The van der Waals surface area contributed by atoms with E-state index >= 15 is 0 Å². The highest BCUT2D eigenvalue weighted by Gasteiger charge is 2.03. The first-order valence-corrected chi connectivity index (χ1v) is 6.80. The van der Waals surface area contributed by atoms with Crippen LogP contribution in [0.25, 0.3) is 0 Å². The fourth-order valence-electron chi connectivity index (χ4n) is 1.44. The van der Waals surface area contributed by atoms with Crippen molar-refractivity contribution >= 4 is 17.6 Å². The summed E-state index contributed by atoms with van der Waals surface area (Å²) in [5, 5.41) is 12.0. The molecule has 0 aliphatic rings. The molecule has 1 aromatic heterocycles. The highest BCUT2D eigenvalue weighted by molar-refractivity contribution is 7.98. The van der Waals surface area contributed by atoms with E-state index in [0.717, 1.165) is 17.3 Å². The van der Waals surface area contributed by atoms with Crippen LogP contribution in [-0.4, -0.2) is 42.2 Å². The molecule has 1 atom stereocenters. The lowest BCUT2D eigenvalue weighted by Crippen LogP contribution is -2.21. The maximum Gasteiger partial charge on any atom is 0.126 e. The van der Waals surface area contributed by atoms with Crippen LogP contribution in [0.1, 0.15) is 12.5 Å². The first kappa shape index (κ1) is 14.3. The fourth-order valence-corrected chi connectivity index (χ4v) is 2.13. The average molecular weight is 256 g/mol. The van der Waals surface area contributed by atoms with Gasteiger partial charge in [0.05, 0.1) is 13.2 Å². The second-order valence-corrected chi connectivity index (χ2v) is 4.93. The van der Waals surface area contributed by atoms with Crippen LogP contribution in [-0.2, 0) is 10.5 Å². The Bertz CT molecular complexity index is 323. The van der Waals surface area contributed by atoms with Crippen LogP contribution >= 0.6 is 11.8 Å². The third kappa shape index (κ3) is 5.91. The zero-order valence-corrected chi connectivity index (χ0v) is 11.2. The lowest BCUT2D eigenvalue weighted by atomic mass is 10.3. The van der Waals surface area contributed by atoms with Crippen LogP contribution in [0.4, 0.5) is 5.82 Å². The van der Waals surface area contributed by atoms with Gasteiger partial charge in [0.1, 0.15) is 5.82 Å². The van der Waals surface area contributed by atoms with Gasteiger partial charge in [-0.05, 0) is 24.6 Å². The second-order valence-electron chi connectivity index (χ2n) is 3.83. The van der Waals surface area contributed by atoms with E-state index < -0.39 is 0 Å². The molecule has 1 rings (SSSR count). The molecule has 0 aliphatic heterocycles. The molecule has 0 fully saturated rings. The van der Waals surface area contributed by atoms with E-state index in [4.69, 9.17) is 9.84 Å². The summed E-state index contributed by atoms with van der Waals surface area (Å²) >= 11 is 1.71. The predicted molar refractivity (Wildman–Crippen MR) is 72.4 cm³/mol. The van der Waals surface area contributed by atoms with E-state index in [2.05, 4.69) is 17.2 Å². The number of rotatable bonds is 8. The molecule has 1 aromatic rings. The van der Waals surface area contributed by atoms with Gasteiger partial charge in [0.2, 0.25) is 0 Å². The van der Waals surface area contributed by atoms with Crippen molar-refractivity contribution in [1.82, 2.24) is 4.98 Å². The van der Waals surface area contributed by atoms with E-state index in [1.54, 1.807) is 25.1 Å². The third-order valence-corrected chi connectivity index (χ3v) is 3.15. The van der Waals surface area contributed by atoms with Crippen molar-refractivity contribution in [3.63, 3.8) is 0 Å². The van der Waals surface area contributed by atoms with Crippen molar-refractivity contribution in [2.75, 3.05) is 31.4 Å². The lowest BCUT2D eigenvalue weighted by molar-refractivity contribution is 0.190. The van der Waals surface area contributed by atoms with Crippen LogP contribution in [0.3, 0.4) is 0 Å². The number of nitrogens with zero attached hydrogens (tertiary/aromatic N) is 1. The number of hydrogen-bond acceptors (Lipinski definition) is 5. The first-order valence-electron chi connectivity index (χ1n) is 5.65. The van der Waals surface area contributed by atoms with E-state index in [0.29, 0.717) is 6.61 Å². The summed E-state index contributed by atoms with van der Waals surface area (Å²) in [5.41, 5.74) is 1.21. The monoisotopic (exact) mass is 256 g/mol. The highest BCUT2D eigenvalue weighted by Crippen LogP contribution is 2.14. The summed E-state index contributed by atoms with van der Waals surface area (Å²) < 4.78 is 5.06. The molecule has 1 heterocycles. The summed E-state index contributed by atoms with van der Waals surface area (Å²) in [6.45, 7) is 2.94. The van der Waals surface area contributed by atoms with Crippen molar-refractivity contribution in [3.05, 3.63) is 23.9 Å². The summed E-state index contributed by atoms with van der Waals surface area (Å²) in [6.07, 6.45) is 1.80. The van der Waals surface area contributed by atoms with Crippen molar-refractivity contribution in [1.29, 1.82) is 0 Å². The van der Waals surface area contributed by atoms with Crippen LogP contribution < -0.4 is 5.32 Å². The zero-order valence-electron chi connectivity index (χ0n) is 10.3. The number of hydrogen-bond donors (Lipinski definition) is 2. The Morgan fingerprint density at radius 2 is 2.41 bits per heavy atom. The largest absolute Gasteiger partial charge is 0.396 e. The van der Waals surface area contributed by atoms with Gasteiger partial charge in [-0.25, -0.2) is 4.98 Å². The number of aliphatic hydroxyl groups is 1. The number of aliphatic hydroxyl groups excluding tert-OH is 1. The number of pyridine rings is 1. The smallest absolute Gasteiger partial charge is 0.126 e. The third-order valence-electron chi connectivity index (χ3n) is 2.14. The normalized spacial score (nSPS) is 12.4. The molecule has 0 aromatic carbocycles. The average Bonchev–Trinajstić information content (AvgIpc) is 2.30. The van der Waals surface area contributed by atoms with Crippen molar-refractivity contribution in [3.8, 4) is 0 Å². The molecule has 0 amide bonds. The minimum absolute atomic E-state index is 0.228. The quantitative estimate of drug-likeness (QED) is 0.694. The van der Waals surface area contributed by atoms with E-state index in [-0.39, 0.29) is 12.6 Å². The summed E-state index contributed by atoms with van der Waals surface area (Å²) in [5.74, 6) is 2.54. The Morgan fingerprint density at radius 3 is 3.12 bits per heavy atom. The van der Waals surface area contributed by atoms with Crippen molar-refractivity contribution < 1.29 is 9.84 Å². The van der Waals surface area contributed by atoms with Crippen molar-refractivity contribution in [2.45, 2.75) is 18.7 Å². The minimum atomic E-state index is 0.228. The number of anilines is 1. The second kappa shape index (κ2) is 8.33. The van der Waals surface area contributed by atoms with E-state index in [1.165, 1.54) is 5.56 Å². The molecular formula is C12H20N2O2S. The minimum Gasteiger partial charge on any atom is -0.396 e. The molecule has 2 N–H and O–H groups in total. The Labute approximate surface area is 107 Å². The Kier molecular flexibility index (Phi) is 7.00. The number of aromatic nitrogens is 1. The summed E-state index contributed by atoms with van der Waals surface area (Å²) in [6, 6.07) is 4.28. The molecule has 96 valence electrons. The molecule has 0 radical (unpaired) electrons. The standard InChI is InChI=1S/C12H20N2O2S/c1-10(8-16-2)14-12-7-11(3-4-13-12)9-17-6-5-15/h3-4,7,10,15H,5-6,8-9H2,1-2H3,(H,13,14). The number of methoxy groups -OCH3 is 1. The number of nitrogens with one attached hydrogen (secondary N) is 1. The molecule has 0 saturated carbocycles. The molecule has 17 heavy (non-hydrogen) atoms. The topological polar surface area (TPSA) is 54.4 Å². The number of thioether (sulfide) groups is 1. The molecule has 0 spiro atoms. The Balaban J connectivity index is 2.47. The lowest BCUT2D eigenvalue weighted by Gasteiger charge is -2.13. The summed E-state index contributed by atoms with van der Waals surface area (Å²) in [4.78, 5) is 4.26. The molecular weight excluding hydrogens is 236 g/mol. The Morgan fingerprint density at radius 1 is 1.59 bits per heavy atom. The van der Waals surface area contributed by atoms with Gasteiger partial charge in [-0.2, -0.15) is 11.8 Å². The van der Waals surface area contributed by atoms with Crippen LogP contribution in [0, 0.1) is 0 Å². The fraction of sp³-hybridized carbons (Fsp3) is 0.583. The van der Waals surface area contributed by atoms with Gasteiger partial charge in [-0.15, -0.1) is 0 Å². The van der Waals surface area contributed by atoms with Crippen LogP contribution in [0.2, 0.25) is 0 Å². The summed E-state index contributed by atoms with van der Waals surface area (Å²) in [7, 11) is 1.69. The first-order chi connectivity index (χ1) is 8.26. The van der Waals surface area contributed by atoms with Gasteiger partial charge in [0.15, 0.2) is 0 Å². The SMILES string of the molecule is COCC(C)Nc1cc(CSCCO)ccn1. The number of ether oxygens (including phenoxy) is 1. The zero-order chi connectivity index (χ0) is 12.5. The van der Waals surface area contributed by atoms with Gasteiger partial charge in [-0.3, -0.25) is 0 Å². The van der Waals surface area contributed by atoms with Crippen LogP contribution in [0.15, 0.2) is 18.3 Å². The predicted octanol–water partition coefficient (Wildman–Crippen LogP) is 1.75. The van der Waals surface area contributed by atoms with Crippen LogP contribution in [0.5, 0.6) is 0 Å². The maximum absolute atomic E-state index is 8.72. The molecule has 0 bridgehead atoms. The van der Waals surface area contributed by atoms with Crippen molar-refractivity contribution in [2.24, 2.45) is 0 Å². The maximum atomic E-state index is 8.72. The van der Waals surface area contributed by atoms with E-state index in [1.807, 2.05) is 12.1 Å². The molecule has 0 saturated heterocycles. The van der Waals surface area contributed by atoms with Gasteiger partial charge in [-0.1, -0.05) is 0 Å². The molecule has 1 unspecified atom stereocenters. The highest BCUT2D eigenvalue weighted by atomic mass is 32.2.